The predicted octanol–water partition coefficient (Wildman–Crippen LogP) is 1.30. The predicted molar refractivity (Wildman–Crippen MR) is 90.1 cm³/mol. The average molecular weight is 366 g/mol. The molecular weight excluding hydrogens is 350 g/mol. The fourth-order valence-electron chi connectivity index (χ4n) is 2.13. The molecule has 0 spiro atoms. The zero-order valence-corrected chi connectivity index (χ0v) is 14.4. The van der Waals surface area contributed by atoms with Crippen LogP contribution in [0.3, 0.4) is 0 Å². The van der Waals surface area contributed by atoms with E-state index in [0.29, 0.717) is 30.7 Å². The molecule has 132 valence electrons. The highest BCUT2D eigenvalue weighted by molar-refractivity contribution is 6.32. The second-order valence-electron chi connectivity index (χ2n) is 5.36. The number of benzene rings is 1. The van der Waals surface area contributed by atoms with Crippen molar-refractivity contribution in [1.82, 2.24) is 15.0 Å². The summed E-state index contributed by atoms with van der Waals surface area (Å²) in [5, 5.41) is 0.281. The molecule has 1 aromatic carbocycles. The largest absolute Gasteiger partial charge is 0.486 e. The van der Waals surface area contributed by atoms with Crippen LogP contribution in [0.1, 0.15) is 16.2 Å². The van der Waals surface area contributed by atoms with E-state index in [1.54, 1.807) is 19.0 Å². The number of anilines is 2. The van der Waals surface area contributed by atoms with E-state index in [9.17, 15) is 4.79 Å². The molecule has 25 heavy (non-hydrogen) atoms. The van der Waals surface area contributed by atoms with E-state index in [1.165, 1.54) is 12.1 Å². The number of nitrogens with two attached hydrogens (primary N) is 1. The van der Waals surface area contributed by atoms with Gasteiger partial charge in [-0.3, -0.25) is 0 Å². The van der Waals surface area contributed by atoms with Gasteiger partial charge in [0, 0.05) is 14.1 Å². The van der Waals surface area contributed by atoms with Crippen molar-refractivity contribution >= 4 is 29.5 Å². The minimum absolute atomic E-state index is 0.0483. The van der Waals surface area contributed by atoms with Gasteiger partial charge in [0.2, 0.25) is 11.9 Å². The lowest BCUT2D eigenvalue weighted by atomic mass is 10.2. The third-order valence-corrected chi connectivity index (χ3v) is 3.53. The second-order valence-corrected chi connectivity index (χ2v) is 5.77. The normalized spacial score (nSPS) is 12.6. The maximum absolute atomic E-state index is 12.3. The van der Waals surface area contributed by atoms with Gasteiger partial charge in [-0.2, -0.15) is 15.0 Å². The van der Waals surface area contributed by atoms with Crippen LogP contribution in [0, 0.1) is 0 Å². The van der Waals surface area contributed by atoms with Crippen LogP contribution in [-0.2, 0) is 11.3 Å². The Morgan fingerprint density at radius 3 is 2.80 bits per heavy atom. The molecule has 0 radical (unpaired) electrons. The van der Waals surface area contributed by atoms with Gasteiger partial charge in [-0.15, -0.1) is 0 Å². The summed E-state index contributed by atoms with van der Waals surface area (Å²) < 4.78 is 16.1. The minimum atomic E-state index is -0.593. The third-order valence-electron chi connectivity index (χ3n) is 3.25. The summed E-state index contributed by atoms with van der Waals surface area (Å²) in [5.74, 6) is 0.904. The third kappa shape index (κ3) is 3.82. The van der Waals surface area contributed by atoms with E-state index in [1.807, 2.05) is 0 Å². The Balaban J connectivity index is 1.74. The number of rotatable bonds is 4. The van der Waals surface area contributed by atoms with Crippen molar-refractivity contribution in [3.8, 4) is 11.5 Å². The highest BCUT2D eigenvalue weighted by atomic mass is 35.5. The Morgan fingerprint density at radius 2 is 2.04 bits per heavy atom. The number of hydrogen-bond acceptors (Lipinski definition) is 9. The van der Waals surface area contributed by atoms with E-state index in [-0.39, 0.29) is 29.0 Å². The van der Waals surface area contributed by atoms with E-state index < -0.39 is 5.97 Å². The number of halogens is 1. The van der Waals surface area contributed by atoms with Gasteiger partial charge in [0.1, 0.15) is 13.2 Å². The monoisotopic (exact) mass is 365 g/mol. The molecule has 2 heterocycles. The highest BCUT2D eigenvalue weighted by Gasteiger charge is 2.20. The molecule has 0 amide bonds. The second kappa shape index (κ2) is 6.98. The Kier molecular flexibility index (Phi) is 4.75. The van der Waals surface area contributed by atoms with Gasteiger partial charge in [-0.05, 0) is 12.1 Å². The van der Waals surface area contributed by atoms with Crippen molar-refractivity contribution < 1.29 is 19.0 Å². The minimum Gasteiger partial charge on any atom is -0.486 e. The molecule has 3 rings (SSSR count). The molecule has 10 heteroatoms. The first-order valence-electron chi connectivity index (χ1n) is 7.38. The van der Waals surface area contributed by atoms with E-state index >= 15 is 0 Å². The summed E-state index contributed by atoms with van der Waals surface area (Å²) in [6.07, 6.45) is 0. The van der Waals surface area contributed by atoms with E-state index in [4.69, 9.17) is 31.5 Å². The Bertz CT molecular complexity index is 815. The van der Waals surface area contributed by atoms with E-state index in [2.05, 4.69) is 15.0 Å². The number of nitrogens with zero attached hydrogens (tertiary/aromatic N) is 4. The first-order valence-corrected chi connectivity index (χ1v) is 7.76. The van der Waals surface area contributed by atoms with Crippen LogP contribution in [0.2, 0.25) is 5.02 Å². The van der Waals surface area contributed by atoms with Crippen molar-refractivity contribution in [2.24, 2.45) is 0 Å². The number of hydrogen-bond donors (Lipinski definition) is 1. The van der Waals surface area contributed by atoms with Gasteiger partial charge in [0.05, 0.1) is 10.6 Å². The van der Waals surface area contributed by atoms with Crippen molar-refractivity contribution in [2.45, 2.75) is 6.61 Å². The summed E-state index contributed by atoms with van der Waals surface area (Å²) >= 11 is 6.12. The molecule has 0 aliphatic carbocycles. The smallest absolute Gasteiger partial charge is 0.338 e. The molecule has 0 bridgehead atoms. The van der Waals surface area contributed by atoms with Crippen molar-refractivity contribution in [2.75, 3.05) is 37.9 Å². The zero-order valence-electron chi connectivity index (χ0n) is 13.7. The average Bonchev–Trinajstić information content (AvgIpc) is 2.59. The fraction of sp³-hybridized carbons (Fsp3) is 0.333. The Morgan fingerprint density at radius 1 is 1.28 bits per heavy atom. The number of esters is 1. The van der Waals surface area contributed by atoms with Crippen molar-refractivity contribution in [3.05, 3.63) is 28.5 Å². The van der Waals surface area contributed by atoms with Crippen LogP contribution in [0.15, 0.2) is 12.1 Å². The summed E-state index contributed by atoms with van der Waals surface area (Å²) in [6, 6.07) is 2.99. The summed E-state index contributed by atoms with van der Waals surface area (Å²) in [6.45, 7) is 0.642. The quantitative estimate of drug-likeness (QED) is 0.801. The number of ether oxygens (including phenoxy) is 3. The SMILES string of the molecule is CN(C)c1nc(N)nc(COC(=O)c2cc(Cl)c3c(c2)OCCO3)n1. The first kappa shape index (κ1) is 17.0. The summed E-state index contributed by atoms with van der Waals surface area (Å²) in [7, 11) is 3.53. The van der Waals surface area contributed by atoms with Crippen LogP contribution < -0.4 is 20.1 Å². The lowest BCUT2D eigenvalue weighted by Gasteiger charge is -2.20. The zero-order chi connectivity index (χ0) is 18.0. The molecule has 0 saturated carbocycles. The molecule has 0 saturated heterocycles. The standard InChI is InChI=1S/C15H16ClN5O4/c1-21(2)15-19-11(18-14(17)20-15)7-25-13(22)8-5-9(16)12-10(6-8)23-3-4-24-12/h5-6H,3-4,7H2,1-2H3,(H2,17,18,19,20). The number of carbonyl (C=O) groups is 1. The van der Waals surface area contributed by atoms with Gasteiger partial charge in [-0.25, -0.2) is 4.79 Å². The molecule has 9 nitrogen and oxygen atoms in total. The van der Waals surface area contributed by atoms with Crippen molar-refractivity contribution in [1.29, 1.82) is 0 Å². The summed E-state index contributed by atoms with van der Waals surface area (Å²) in [5.41, 5.74) is 5.87. The lowest BCUT2D eigenvalue weighted by molar-refractivity contribution is 0.0461. The number of carbonyl (C=O) groups excluding carboxylic acids is 1. The maximum Gasteiger partial charge on any atom is 0.338 e. The number of nitrogen functional groups attached to an aromatic ring is 1. The van der Waals surface area contributed by atoms with Gasteiger partial charge >= 0.3 is 5.97 Å². The van der Waals surface area contributed by atoms with Crippen LogP contribution in [-0.4, -0.2) is 48.2 Å². The molecule has 0 fully saturated rings. The van der Waals surface area contributed by atoms with Gasteiger partial charge < -0.3 is 24.8 Å². The number of aromatic nitrogens is 3. The van der Waals surface area contributed by atoms with Crippen LogP contribution >= 0.6 is 11.6 Å². The fourth-order valence-corrected chi connectivity index (χ4v) is 2.40. The molecule has 1 aromatic heterocycles. The molecule has 2 N–H and O–H groups in total. The number of fused-ring (bicyclic) bond motifs is 1. The molecule has 1 aliphatic rings. The van der Waals surface area contributed by atoms with Crippen LogP contribution in [0.25, 0.3) is 0 Å². The highest BCUT2D eigenvalue weighted by Crippen LogP contribution is 2.38. The Hall–Kier alpha value is -2.81. The summed E-state index contributed by atoms with van der Waals surface area (Å²) in [4.78, 5) is 26.0. The lowest BCUT2D eigenvalue weighted by Crippen LogP contribution is -2.18. The van der Waals surface area contributed by atoms with Crippen LogP contribution in [0.5, 0.6) is 11.5 Å². The van der Waals surface area contributed by atoms with Crippen LogP contribution in [0.4, 0.5) is 11.9 Å². The van der Waals surface area contributed by atoms with Gasteiger partial charge in [0.25, 0.3) is 0 Å². The van der Waals surface area contributed by atoms with Crippen molar-refractivity contribution in [3.63, 3.8) is 0 Å². The Labute approximate surface area is 148 Å². The topological polar surface area (TPSA) is 113 Å². The molecule has 1 aliphatic heterocycles. The van der Waals surface area contributed by atoms with Gasteiger partial charge in [0.15, 0.2) is 23.9 Å². The molecular formula is C15H16ClN5O4. The first-order chi connectivity index (χ1) is 11.9. The maximum atomic E-state index is 12.3. The molecule has 2 aromatic rings. The molecule has 0 unspecified atom stereocenters. The molecule has 0 atom stereocenters. The van der Waals surface area contributed by atoms with Gasteiger partial charge in [-0.1, -0.05) is 11.6 Å². The van der Waals surface area contributed by atoms with E-state index in [0.717, 1.165) is 0 Å².